The minimum absolute atomic E-state index is 0.237. The van der Waals surface area contributed by atoms with E-state index in [1.807, 2.05) is 0 Å². The average Bonchev–Trinajstić information content (AvgIpc) is 3.29. The quantitative estimate of drug-likeness (QED) is 0.450. The molecule has 2 amide bonds. The van der Waals surface area contributed by atoms with Gasteiger partial charge < -0.3 is 9.72 Å². The Morgan fingerprint density at radius 2 is 1.76 bits per heavy atom. The van der Waals surface area contributed by atoms with Crippen LogP contribution in [0, 0.1) is 11.7 Å². The Balaban J connectivity index is 1.54. The zero-order valence-electron chi connectivity index (χ0n) is 17.2. The zero-order valence-corrected chi connectivity index (χ0v) is 18.9. The number of carbonyl (C=O) groups is 3. The molecule has 3 atom stereocenters. The molecule has 2 aliphatic rings. The summed E-state index contributed by atoms with van der Waals surface area (Å²) in [7, 11) is 0. The maximum atomic E-state index is 13.6. The number of aromatic nitrogens is 1. The highest BCUT2D eigenvalue weighted by molar-refractivity contribution is 8.00. The molecular weight excluding hydrogens is 467 g/mol. The molecule has 168 valence electrons. The number of amides is 2. The average molecular weight is 485 g/mol. The molecule has 1 N–H and O–H groups in total. The first-order chi connectivity index (χ1) is 15.9. The van der Waals surface area contributed by atoms with Gasteiger partial charge in [-0.05, 0) is 48.9 Å². The van der Waals surface area contributed by atoms with Crippen molar-refractivity contribution < 1.29 is 23.5 Å². The van der Waals surface area contributed by atoms with Crippen LogP contribution in [0.2, 0.25) is 0 Å². The van der Waals surface area contributed by atoms with Gasteiger partial charge in [0.1, 0.15) is 11.1 Å². The number of hydrogen-bond donors (Lipinski definition) is 1. The monoisotopic (exact) mass is 484 g/mol. The number of imide groups is 1. The molecule has 1 fully saturated rings. The molecule has 7 nitrogen and oxygen atoms in total. The molecule has 1 aromatic heterocycles. The van der Waals surface area contributed by atoms with Gasteiger partial charge in [-0.15, -0.1) is 0 Å². The number of thiazole rings is 1. The third kappa shape index (κ3) is 3.59. The lowest BCUT2D eigenvalue weighted by molar-refractivity contribution is -0.122. The number of carbonyl (C=O) groups excluding carboxylic acids is 3. The number of benzene rings is 2. The Morgan fingerprint density at radius 3 is 2.42 bits per heavy atom. The van der Waals surface area contributed by atoms with Crippen molar-refractivity contribution in [2.75, 3.05) is 11.5 Å². The molecule has 0 radical (unpaired) electrons. The van der Waals surface area contributed by atoms with Gasteiger partial charge >= 0.3 is 10.8 Å². The van der Waals surface area contributed by atoms with E-state index in [0.717, 1.165) is 16.2 Å². The second kappa shape index (κ2) is 8.27. The van der Waals surface area contributed by atoms with E-state index in [1.165, 1.54) is 48.2 Å². The van der Waals surface area contributed by atoms with E-state index in [4.69, 9.17) is 4.74 Å². The first-order valence-electron chi connectivity index (χ1n) is 10.2. The van der Waals surface area contributed by atoms with Gasteiger partial charge in [-0.1, -0.05) is 35.2 Å². The van der Waals surface area contributed by atoms with E-state index in [9.17, 15) is 23.6 Å². The zero-order chi connectivity index (χ0) is 23.3. The third-order valence-electron chi connectivity index (χ3n) is 5.69. The van der Waals surface area contributed by atoms with E-state index in [-0.39, 0.29) is 11.5 Å². The minimum atomic E-state index is -0.753. The number of esters is 1. The van der Waals surface area contributed by atoms with Gasteiger partial charge in [0, 0.05) is 10.8 Å². The summed E-state index contributed by atoms with van der Waals surface area (Å²) in [4.78, 5) is 55.2. The number of nitrogens with zero attached hydrogens (tertiary/aromatic N) is 1. The molecule has 2 aliphatic heterocycles. The number of hydrogen-bond acceptors (Lipinski definition) is 7. The number of nitrogens with one attached hydrogen (secondary N) is 1. The molecule has 5 rings (SSSR count). The maximum absolute atomic E-state index is 13.6. The number of rotatable bonds is 4. The van der Waals surface area contributed by atoms with Crippen LogP contribution in [-0.4, -0.2) is 34.6 Å². The van der Waals surface area contributed by atoms with E-state index >= 15 is 0 Å². The molecule has 0 spiro atoms. The predicted octanol–water partition coefficient (Wildman–Crippen LogP) is 3.55. The summed E-state index contributed by atoms with van der Waals surface area (Å²) in [5.74, 6) is -3.02. The number of aromatic amines is 1. The van der Waals surface area contributed by atoms with Crippen molar-refractivity contribution in [1.82, 2.24) is 4.98 Å². The Hall–Kier alpha value is -3.24. The molecule has 0 bridgehead atoms. The summed E-state index contributed by atoms with van der Waals surface area (Å²) in [5, 5.41) is -0.184. The van der Waals surface area contributed by atoms with Crippen LogP contribution in [0.25, 0.3) is 0 Å². The van der Waals surface area contributed by atoms with E-state index < -0.39 is 40.7 Å². The van der Waals surface area contributed by atoms with Gasteiger partial charge in [-0.25, -0.2) is 14.1 Å². The fraction of sp³-hybridized carbons (Fsp3) is 0.217. The SMILES string of the molecule is CCOC(=O)c1ccc(N2C(=O)[C@H]3[C@H](c4ccc(F)cc4)c4sc(=O)[nH]c4S[C@H]3C2=O)cc1. The summed E-state index contributed by atoms with van der Waals surface area (Å²) >= 11 is 2.17. The lowest BCUT2D eigenvalue weighted by atomic mass is 9.83. The van der Waals surface area contributed by atoms with Crippen molar-refractivity contribution >= 4 is 46.6 Å². The van der Waals surface area contributed by atoms with Crippen molar-refractivity contribution in [3.63, 3.8) is 0 Å². The minimum Gasteiger partial charge on any atom is -0.462 e. The van der Waals surface area contributed by atoms with Gasteiger partial charge in [0.25, 0.3) is 0 Å². The lowest BCUT2D eigenvalue weighted by Crippen LogP contribution is -2.32. The van der Waals surface area contributed by atoms with Gasteiger partial charge in [0.2, 0.25) is 11.8 Å². The Bertz CT molecular complexity index is 1320. The summed E-state index contributed by atoms with van der Waals surface area (Å²) < 4.78 is 18.5. The summed E-state index contributed by atoms with van der Waals surface area (Å²) in [5.41, 5.74) is 1.32. The highest BCUT2D eigenvalue weighted by Crippen LogP contribution is 2.53. The number of H-pyrrole nitrogens is 1. The number of thioether (sulfide) groups is 1. The molecule has 1 saturated heterocycles. The number of halogens is 1. The van der Waals surface area contributed by atoms with Gasteiger partial charge in [-0.2, -0.15) is 0 Å². The first-order valence-corrected chi connectivity index (χ1v) is 11.9. The summed E-state index contributed by atoms with van der Waals surface area (Å²) in [6.07, 6.45) is 0. The molecule has 0 aliphatic carbocycles. The van der Waals surface area contributed by atoms with Gasteiger partial charge in [-0.3, -0.25) is 14.4 Å². The summed E-state index contributed by atoms with van der Waals surface area (Å²) in [6.45, 7) is 1.94. The third-order valence-corrected chi connectivity index (χ3v) is 8.09. The molecule has 10 heteroatoms. The van der Waals surface area contributed by atoms with Crippen molar-refractivity contribution in [1.29, 1.82) is 0 Å². The predicted molar refractivity (Wildman–Crippen MR) is 121 cm³/mol. The van der Waals surface area contributed by atoms with Gasteiger partial charge in [0.05, 0.1) is 28.8 Å². The second-order valence-electron chi connectivity index (χ2n) is 7.58. The van der Waals surface area contributed by atoms with Crippen molar-refractivity contribution in [3.05, 3.63) is 80.0 Å². The fourth-order valence-electron chi connectivity index (χ4n) is 4.26. The van der Waals surface area contributed by atoms with Crippen molar-refractivity contribution in [2.45, 2.75) is 23.1 Å². The van der Waals surface area contributed by atoms with Gasteiger partial charge in [0.15, 0.2) is 0 Å². The number of ether oxygens (including phenoxy) is 1. The second-order valence-corrected chi connectivity index (χ2v) is 9.75. The van der Waals surface area contributed by atoms with E-state index in [0.29, 0.717) is 26.7 Å². The van der Waals surface area contributed by atoms with Crippen LogP contribution < -0.4 is 9.77 Å². The molecule has 3 heterocycles. The normalized spacial score (nSPS) is 21.6. The lowest BCUT2D eigenvalue weighted by Gasteiger charge is -2.29. The highest BCUT2D eigenvalue weighted by atomic mass is 32.2. The van der Waals surface area contributed by atoms with Crippen LogP contribution in [0.4, 0.5) is 10.1 Å². The Morgan fingerprint density at radius 1 is 1.06 bits per heavy atom. The molecule has 2 aromatic carbocycles. The number of anilines is 1. The molecule has 3 aromatic rings. The van der Waals surface area contributed by atoms with Crippen LogP contribution in [0.15, 0.2) is 58.4 Å². The van der Waals surface area contributed by atoms with Crippen LogP contribution in [0.5, 0.6) is 0 Å². The van der Waals surface area contributed by atoms with Crippen LogP contribution in [0.1, 0.15) is 33.6 Å². The van der Waals surface area contributed by atoms with Crippen LogP contribution >= 0.6 is 23.1 Å². The first kappa shape index (κ1) is 21.6. The smallest absolute Gasteiger partial charge is 0.338 e. The topological polar surface area (TPSA) is 96.5 Å². The van der Waals surface area contributed by atoms with Crippen LogP contribution in [0.3, 0.4) is 0 Å². The van der Waals surface area contributed by atoms with E-state index in [2.05, 4.69) is 4.98 Å². The maximum Gasteiger partial charge on any atom is 0.338 e. The molecule has 0 saturated carbocycles. The van der Waals surface area contributed by atoms with Crippen LogP contribution in [-0.2, 0) is 14.3 Å². The Labute approximate surface area is 195 Å². The summed E-state index contributed by atoms with van der Waals surface area (Å²) in [6, 6.07) is 11.8. The molecule has 33 heavy (non-hydrogen) atoms. The standard InChI is InChI=1S/C23H17FN2O5S2/c1-2-31-22(29)12-5-9-14(10-6-12)26-20(27)16-15(11-3-7-13(24)8-4-11)17-19(25-23(30)33-17)32-18(16)21(26)28/h3-10,15-16,18H,2H2,1H3,(H,25,30)/t15-,16-,18+/m0/s1. The van der Waals surface area contributed by atoms with E-state index in [1.54, 1.807) is 19.1 Å². The highest BCUT2D eigenvalue weighted by Gasteiger charge is 2.56. The van der Waals surface area contributed by atoms with Crippen molar-refractivity contribution in [3.8, 4) is 0 Å². The fourth-order valence-corrected chi connectivity index (χ4v) is 6.78. The van der Waals surface area contributed by atoms with Crippen molar-refractivity contribution in [2.24, 2.45) is 5.92 Å². The number of fused-ring (bicyclic) bond motifs is 2. The molecule has 0 unspecified atom stereocenters. The largest absolute Gasteiger partial charge is 0.462 e. The Kier molecular flexibility index (Phi) is 5.41. The molecular formula is C23H17FN2O5S2.